The standard InChI is InChI=1S/C44H64O24/c1-6-20-23(26(39(57)59-4)16-62-41(20)67-43-37(55)35(53)33(51)29(13-47)65-43)9-31(49)61-15-25-18(3)28(8-22(25)19(11-45)12-46)64-32(50)10-24-21(7-2)42(63-17-27(24)40(58)60-5)68-44-38(56)36(54)34(52)30(14-48)66-44/h6-7,16-19,22-25,28-30,33-38,41-48,51-56H,8-15H2,1-5H3/b20-6-,21-7-/t18-,22+,23+,24-,25+,28+,29-,30+,33-,34-,35+,36+,37-,38-,41+,42+,43+,44-/m0/s1. The second kappa shape index (κ2) is 24.6. The van der Waals surface area contributed by atoms with Crippen LogP contribution < -0.4 is 0 Å². The first-order valence-electron chi connectivity index (χ1n) is 22.1. The quantitative estimate of drug-likeness (QED) is 0.0365. The molecule has 10 N–H and O–H groups in total. The molecule has 1 saturated carbocycles. The Morgan fingerprint density at radius 1 is 0.676 bits per heavy atom. The van der Waals surface area contributed by atoms with Crippen molar-refractivity contribution in [2.75, 3.05) is 47.3 Å². The van der Waals surface area contributed by atoms with Crippen LogP contribution in [0.3, 0.4) is 0 Å². The van der Waals surface area contributed by atoms with Crippen LogP contribution >= 0.6 is 0 Å². The first kappa shape index (κ1) is 54.8. The summed E-state index contributed by atoms with van der Waals surface area (Å²) in [5.74, 6) is -7.97. The smallest absolute Gasteiger partial charge is 0.337 e. The number of allylic oxidation sites excluding steroid dienone is 2. The van der Waals surface area contributed by atoms with Crippen LogP contribution in [-0.4, -0.2) is 202 Å². The van der Waals surface area contributed by atoms with Crippen LogP contribution in [0.25, 0.3) is 0 Å². The van der Waals surface area contributed by atoms with Crippen molar-refractivity contribution in [3.63, 3.8) is 0 Å². The van der Waals surface area contributed by atoms with E-state index < -0.39 is 179 Å². The van der Waals surface area contributed by atoms with Gasteiger partial charge < -0.3 is 98.4 Å². The summed E-state index contributed by atoms with van der Waals surface area (Å²) in [4.78, 5) is 53.5. The van der Waals surface area contributed by atoms with Crippen molar-refractivity contribution in [1.29, 1.82) is 0 Å². The number of hydrogen-bond donors (Lipinski definition) is 10. The van der Waals surface area contributed by atoms with Crippen LogP contribution in [0.5, 0.6) is 0 Å². The summed E-state index contributed by atoms with van der Waals surface area (Å²) in [5, 5.41) is 102. The van der Waals surface area contributed by atoms with Gasteiger partial charge in [-0.15, -0.1) is 0 Å². The highest BCUT2D eigenvalue weighted by Crippen LogP contribution is 2.45. The number of carbonyl (C=O) groups excluding carboxylic acids is 4. The van der Waals surface area contributed by atoms with Gasteiger partial charge in [-0.05, 0) is 32.1 Å². The molecular weight excluding hydrogens is 912 g/mol. The average molecular weight is 977 g/mol. The third-order valence-corrected chi connectivity index (χ3v) is 13.3. The molecule has 0 aromatic heterocycles. The zero-order valence-electron chi connectivity index (χ0n) is 38.1. The maximum atomic E-state index is 13.9. The predicted octanol–water partition coefficient (Wildman–Crippen LogP) is -3.32. The van der Waals surface area contributed by atoms with Crippen molar-refractivity contribution in [3.8, 4) is 0 Å². The van der Waals surface area contributed by atoms with Crippen molar-refractivity contribution in [1.82, 2.24) is 0 Å². The molecule has 0 aromatic rings. The van der Waals surface area contributed by atoms with Crippen LogP contribution in [0.15, 0.2) is 47.0 Å². The minimum atomic E-state index is -1.80. The fraction of sp³-hybridized carbons (Fsp3) is 0.727. The summed E-state index contributed by atoms with van der Waals surface area (Å²) in [5.41, 5.74) is 0.168. The van der Waals surface area contributed by atoms with E-state index in [9.17, 15) is 70.2 Å². The van der Waals surface area contributed by atoms with Gasteiger partial charge in [0.1, 0.15) is 54.9 Å². The molecule has 5 aliphatic rings. The number of hydrogen-bond acceptors (Lipinski definition) is 24. The Bertz CT molecular complexity index is 1860. The van der Waals surface area contributed by atoms with Gasteiger partial charge in [0, 0.05) is 48.0 Å². The van der Waals surface area contributed by atoms with Gasteiger partial charge in [-0.1, -0.05) is 19.1 Å². The van der Waals surface area contributed by atoms with Crippen LogP contribution in [0, 0.1) is 35.5 Å². The Hall–Kier alpha value is -4.12. The van der Waals surface area contributed by atoms with E-state index in [0.29, 0.717) is 0 Å². The average Bonchev–Trinajstić information content (AvgIpc) is 3.63. The van der Waals surface area contributed by atoms with Crippen molar-refractivity contribution in [3.05, 3.63) is 47.0 Å². The highest BCUT2D eigenvalue weighted by atomic mass is 16.8. The highest BCUT2D eigenvalue weighted by molar-refractivity contribution is 5.91. The second-order valence-electron chi connectivity index (χ2n) is 17.1. The molecule has 0 bridgehead atoms. The minimum Gasteiger partial charge on any atom is -0.468 e. The molecule has 384 valence electrons. The van der Waals surface area contributed by atoms with E-state index in [0.717, 1.165) is 26.7 Å². The summed E-state index contributed by atoms with van der Waals surface area (Å²) < 4.78 is 55.5. The molecule has 24 nitrogen and oxygen atoms in total. The number of carbonyl (C=O) groups is 4. The van der Waals surface area contributed by atoms with Crippen molar-refractivity contribution in [2.45, 2.75) is 120 Å². The molecule has 0 amide bonds. The molecule has 3 fully saturated rings. The van der Waals surface area contributed by atoms with E-state index in [-0.39, 0.29) is 35.3 Å². The lowest BCUT2D eigenvalue weighted by Gasteiger charge is -2.42. The lowest BCUT2D eigenvalue weighted by Crippen LogP contribution is -2.60. The minimum absolute atomic E-state index is 0.100. The van der Waals surface area contributed by atoms with Gasteiger partial charge in [-0.25, -0.2) is 9.59 Å². The SMILES string of the molecule is C/C=C1\[C@@H](O[C@@H]2O[C@H](CO)[C@H](O)[C@@H](O)[C@@H]2O)OC=C(C(=O)OC)[C@H]1CC(=O)O[C@@H]1C[C@H](C(CO)CO)[C@H](COC(=O)C[C@H]2C(C(=O)OC)=CO[C@H](O[C@H]3O[C@@H](CO)[C@H](O)[C@@H](O)[C@@H]3O)/C2=C\C)[C@@H]1C. The Balaban J connectivity index is 1.29. The largest absolute Gasteiger partial charge is 0.468 e. The number of methoxy groups -OCH3 is 2. The van der Waals surface area contributed by atoms with E-state index in [4.69, 9.17) is 47.4 Å². The maximum Gasteiger partial charge on any atom is 0.337 e. The zero-order chi connectivity index (χ0) is 50.1. The zero-order valence-corrected chi connectivity index (χ0v) is 38.1. The number of aliphatic hydroxyl groups is 10. The monoisotopic (exact) mass is 976 g/mol. The third-order valence-electron chi connectivity index (χ3n) is 13.3. The topological polar surface area (TPSA) is 363 Å². The number of esters is 4. The van der Waals surface area contributed by atoms with Gasteiger partial charge in [-0.3, -0.25) is 9.59 Å². The van der Waals surface area contributed by atoms with Gasteiger partial charge in [0.05, 0.1) is 70.6 Å². The lowest BCUT2D eigenvalue weighted by atomic mass is 9.82. The number of ether oxygens (including phenoxy) is 10. The summed E-state index contributed by atoms with van der Waals surface area (Å²) in [6.07, 6.45) is -15.9. The first-order chi connectivity index (χ1) is 32.4. The molecule has 4 heterocycles. The van der Waals surface area contributed by atoms with E-state index in [1.54, 1.807) is 20.8 Å². The number of aliphatic hydroxyl groups excluding tert-OH is 10. The van der Waals surface area contributed by atoms with Crippen LogP contribution in [0.4, 0.5) is 0 Å². The van der Waals surface area contributed by atoms with Crippen LogP contribution in [0.2, 0.25) is 0 Å². The van der Waals surface area contributed by atoms with Gasteiger partial charge in [0.15, 0.2) is 12.6 Å². The fourth-order valence-corrected chi connectivity index (χ4v) is 9.27. The Morgan fingerprint density at radius 2 is 1.12 bits per heavy atom. The maximum absolute atomic E-state index is 13.9. The molecule has 5 rings (SSSR count). The molecule has 0 aromatic carbocycles. The van der Waals surface area contributed by atoms with E-state index in [1.807, 2.05) is 0 Å². The Kier molecular flexibility index (Phi) is 19.9. The van der Waals surface area contributed by atoms with Crippen LogP contribution in [-0.2, 0) is 66.5 Å². The lowest BCUT2D eigenvalue weighted by molar-refractivity contribution is -0.327. The predicted molar refractivity (Wildman–Crippen MR) is 223 cm³/mol. The Morgan fingerprint density at radius 3 is 1.51 bits per heavy atom. The van der Waals surface area contributed by atoms with Crippen molar-refractivity contribution < 1.29 is 118 Å². The fourth-order valence-electron chi connectivity index (χ4n) is 9.27. The normalized spacial score (nSPS) is 38.5. The summed E-state index contributed by atoms with van der Waals surface area (Å²) in [6.45, 7) is 2.16. The molecule has 0 unspecified atom stereocenters. The molecule has 1 aliphatic carbocycles. The van der Waals surface area contributed by atoms with E-state index >= 15 is 0 Å². The van der Waals surface area contributed by atoms with Crippen LogP contribution in [0.1, 0.15) is 40.0 Å². The summed E-state index contributed by atoms with van der Waals surface area (Å²) >= 11 is 0. The summed E-state index contributed by atoms with van der Waals surface area (Å²) in [7, 11) is 2.23. The van der Waals surface area contributed by atoms with E-state index in [1.165, 1.54) is 12.2 Å². The van der Waals surface area contributed by atoms with Gasteiger partial charge in [0.25, 0.3) is 0 Å². The van der Waals surface area contributed by atoms with Crippen molar-refractivity contribution in [2.24, 2.45) is 35.5 Å². The molecule has 18 atom stereocenters. The molecule has 4 aliphatic heterocycles. The van der Waals surface area contributed by atoms with Gasteiger partial charge in [-0.2, -0.15) is 0 Å². The molecule has 24 heteroatoms. The highest BCUT2D eigenvalue weighted by Gasteiger charge is 2.50. The molecule has 0 radical (unpaired) electrons. The molecule has 0 spiro atoms. The molecular formula is C44H64O24. The first-order valence-corrected chi connectivity index (χ1v) is 22.1. The van der Waals surface area contributed by atoms with Gasteiger partial charge in [0.2, 0.25) is 12.6 Å². The second-order valence-corrected chi connectivity index (χ2v) is 17.1. The third kappa shape index (κ3) is 11.9. The summed E-state index contributed by atoms with van der Waals surface area (Å²) in [6, 6.07) is 0. The van der Waals surface area contributed by atoms with Gasteiger partial charge >= 0.3 is 23.9 Å². The molecule has 2 saturated heterocycles. The van der Waals surface area contributed by atoms with E-state index in [2.05, 4.69) is 0 Å². The Labute approximate surface area is 390 Å². The molecule has 68 heavy (non-hydrogen) atoms. The number of rotatable bonds is 18. The van der Waals surface area contributed by atoms with Crippen molar-refractivity contribution >= 4 is 23.9 Å².